The van der Waals surface area contributed by atoms with Gasteiger partial charge in [0.1, 0.15) is 11.4 Å². The van der Waals surface area contributed by atoms with Crippen molar-refractivity contribution in [1.29, 1.82) is 0 Å². The smallest absolute Gasteiger partial charge is 0.274 e. The predicted octanol–water partition coefficient (Wildman–Crippen LogP) is 4.17. The van der Waals surface area contributed by atoms with Crippen LogP contribution in [0.1, 0.15) is 41.7 Å². The number of halogens is 2. The van der Waals surface area contributed by atoms with E-state index in [4.69, 9.17) is 23.2 Å². The lowest BCUT2D eigenvalue weighted by Gasteiger charge is -2.20. The van der Waals surface area contributed by atoms with Gasteiger partial charge in [-0.3, -0.25) is 9.59 Å². The van der Waals surface area contributed by atoms with Gasteiger partial charge in [0.05, 0.1) is 10.0 Å². The van der Waals surface area contributed by atoms with Crippen LogP contribution in [0.25, 0.3) is 0 Å². The molecular weight excluding hydrogens is 349 g/mol. The summed E-state index contributed by atoms with van der Waals surface area (Å²) in [5.74, 6) is -0.787. The van der Waals surface area contributed by atoms with Crippen molar-refractivity contribution in [2.45, 2.75) is 26.3 Å². The summed E-state index contributed by atoms with van der Waals surface area (Å²) in [4.78, 5) is 28.5. The van der Waals surface area contributed by atoms with E-state index in [0.717, 1.165) is 0 Å². The molecule has 0 aliphatic rings. The first-order valence-corrected chi connectivity index (χ1v) is 7.97. The molecule has 2 aromatic rings. The number of carbonyl (C=O) groups excluding carboxylic acids is 2. The van der Waals surface area contributed by atoms with Crippen LogP contribution >= 0.6 is 23.2 Å². The van der Waals surface area contributed by atoms with Gasteiger partial charge >= 0.3 is 0 Å². The van der Waals surface area contributed by atoms with Gasteiger partial charge in [-0.15, -0.1) is 0 Å². The van der Waals surface area contributed by atoms with Gasteiger partial charge in [0.2, 0.25) is 0 Å². The predicted molar refractivity (Wildman–Crippen MR) is 95.9 cm³/mol. The minimum absolute atomic E-state index is 0.127. The maximum Gasteiger partial charge on any atom is 0.274 e. The molecule has 1 aromatic heterocycles. The highest BCUT2D eigenvalue weighted by molar-refractivity contribution is 6.42. The molecule has 0 fully saturated rings. The molecule has 0 saturated carbocycles. The maximum atomic E-state index is 12.3. The third kappa shape index (κ3) is 4.94. The first-order valence-electron chi connectivity index (χ1n) is 7.22. The van der Waals surface area contributed by atoms with Gasteiger partial charge in [-0.2, -0.15) is 0 Å². The lowest BCUT2D eigenvalue weighted by Crippen LogP contribution is -2.41. The summed E-state index contributed by atoms with van der Waals surface area (Å²) in [5.41, 5.74) is 0.395. The van der Waals surface area contributed by atoms with E-state index >= 15 is 0 Å². The topological polar surface area (TPSA) is 71.1 Å². The summed E-state index contributed by atoms with van der Waals surface area (Å²) in [5, 5.41) is 6.20. The van der Waals surface area contributed by atoms with Crippen LogP contribution in [-0.4, -0.2) is 22.3 Å². The number of benzene rings is 1. The Morgan fingerprint density at radius 3 is 2.17 bits per heavy atom. The fraction of sp³-hybridized carbons (Fsp3) is 0.235. The van der Waals surface area contributed by atoms with Crippen molar-refractivity contribution in [2.24, 2.45) is 0 Å². The molecule has 0 atom stereocenters. The monoisotopic (exact) mass is 365 g/mol. The standard InChI is InChI=1S/C17H17Cl2N3O2/c1-17(2,3)22-16(24)14-6-4-5-13(21-14)15(23)20-10-7-8-11(18)12(19)9-10/h4-9H,1-3H3,(H,20,23)(H,22,24). The molecule has 2 rings (SSSR count). The zero-order valence-corrected chi connectivity index (χ0v) is 15.0. The van der Waals surface area contributed by atoms with Crippen molar-refractivity contribution in [3.8, 4) is 0 Å². The Kier molecular flexibility index (Phi) is 5.47. The van der Waals surface area contributed by atoms with Crippen molar-refractivity contribution >= 4 is 40.7 Å². The normalized spacial score (nSPS) is 11.0. The summed E-state index contributed by atoms with van der Waals surface area (Å²) >= 11 is 11.8. The number of hydrogen-bond acceptors (Lipinski definition) is 3. The molecule has 0 aliphatic carbocycles. The average Bonchev–Trinajstić information content (AvgIpc) is 2.49. The first-order chi connectivity index (χ1) is 11.2. The molecule has 2 amide bonds. The number of amides is 2. The zero-order chi connectivity index (χ0) is 17.9. The van der Waals surface area contributed by atoms with E-state index in [2.05, 4.69) is 15.6 Å². The summed E-state index contributed by atoms with van der Waals surface area (Å²) in [6, 6.07) is 9.44. The Morgan fingerprint density at radius 1 is 0.958 bits per heavy atom. The molecule has 0 saturated heterocycles. The summed E-state index contributed by atoms with van der Waals surface area (Å²) in [6.07, 6.45) is 0. The summed E-state index contributed by atoms with van der Waals surface area (Å²) in [6.45, 7) is 5.60. The van der Waals surface area contributed by atoms with Crippen LogP contribution in [0.2, 0.25) is 10.0 Å². The average molecular weight is 366 g/mol. The van der Waals surface area contributed by atoms with Crippen LogP contribution in [0.5, 0.6) is 0 Å². The van der Waals surface area contributed by atoms with E-state index in [-0.39, 0.29) is 17.3 Å². The number of anilines is 1. The highest BCUT2D eigenvalue weighted by Gasteiger charge is 2.18. The number of carbonyl (C=O) groups is 2. The Morgan fingerprint density at radius 2 is 1.58 bits per heavy atom. The van der Waals surface area contributed by atoms with E-state index in [9.17, 15) is 9.59 Å². The Labute approximate surface area is 150 Å². The second-order valence-electron chi connectivity index (χ2n) is 6.20. The molecule has 0 unspecified atom stereocenters. The molecule has 0 radical (unpaired) electrons. The third-order valence-electron chi connectivity index (χ3n) is 2.88. The number of aromatic nitrogens is 1. The molecule has 7 heteroatoms. The van der Waals surface area contributed by atoms with Crippen LogP contribution in [-0.2, 0) is 0 Å². The zero-order valence-electron chi connectivity index (χ0n) is 13.5. The second kappa shape index (κ2) is 7.20. The van der Waals surface area contributed by atoms with Crippen molar-refractivity contribution in [2.75, 3.05) is 5.32 Å². The third-order valence-corrected chi connectivity index (χ3v) is 3.62. The van der Waals surface area contributed by atoms with Crippen LogP contribution in [0, 0.1) is 0 Å². The largest absolute Gasteiger partial charge is 0.346 e. The van der Waals surface area contributed by atoms with Crippen molar-refractivity contribution in [3.05, 3.63) is 57.8 Å². The summed E-state index contributed by atoms with van der Waals surface area (Å²) < 4.78 is 0. The Balaban J connectivity index is 2.16. The molecule has 1 aromatic carbocycles. The van der Waals surface area contributed by atoms with Gasteiger partial charge in [0, 0.05) is 11.2 Å². The van der Waals surface area contributed by atoms with Crippen molar-refractivity contribution in [3.63, 3.8) is 0 Å². The lowest BCUT2D eigenvalue weighted by atomic mass is 10.1. The summed E-state index contributed by atoms with van der Waals surface area (Å²) in [7, 11) is 0. The number of nitrogens with zero attached hydrogens (tertiary/aromatic N) is 1. The molecule has 0 bridgehead atoms. The van der Waals surface area contributed by atoms with Crippen LogP contribution in [0.3, 0.4) is 0 Å². The van der Waals surface area contributed by atoms with E-state index in [0.29, 0.717) is 15.7 Å². The fourth-order valence-electron chi connectivity index (χ4n) is 1.86. The Hall–Kier alpha value is -2.11. The van der Waals surface area contributed by atoms with Crippen LogP contribution in [0.15, 0.2) is 36.4 Å². The second-order valence-corrected chi connectivity index (χ2v) is 7.01. The SMILES string of the molecule is CC(C)(C)NC(=O)c1cccc(C(=O)Nc2ccc(Cl)c(Cl)c2)n1. The number of hydrogen-bond donors (Lipinski definition) is 2. The minimum atomic E-state index is -0.446. The molecule has 2 N–H and O–H groups in total. The molecule has 0 aliphatic heterocycles. The van der Waals surface area contributed by atoms with E-state index in [1.54, 1.807) is 24.3 Å². The minimum Gasteiger partial charge on any atom is -0.346 e. The highest BCUT2D eigenvalue weighted by Crippen LogP contribution is 2.25. The molecule has 24 heavy (non-hydrogen) atoms. The van der Waals surface area contributed by atoms with Crippen molar-refractivity contribution < 1.29 is 9.59 Å². The van der Waals surface area contributed by atoms with Gasteiger partial charge in [-0.1, -0.05) is 29.3 Å². The van der Waals surface area contributed by atoms with Gasteiger partial charge in [-0.05, 0) is 51.1 Å². The molecule has 1 heterocycles. The van der Waals surface area contributed by atoms with Gasteiger partial charge in [0.25, 0.3) is 11.8 Å². The number of rotatable bonds is 3. The van der Waals surface area contributed by atoms with E-state index in [1.165, 1.54) is 12.1 Å². The Bertz CT molecular complexity index is 786. The van der Waals surface area contributed by atoms with E-state index < -0.39 is 11.4 Å². The molecule has 126 valence electrons. The fourth-order valence-corrected chi connectivity index (χ4v) is 2.16. The highest BCUT2D eigenvalue weighted by atomic mass is 35.5. The molecule has 5 nitrogen and oxygen atoms in total. The van der Waals surface area contributed by atoms with Crippen LogP contribution < -0.4 is 10.6 Å². The van der Waals surface area contributed by atoms with Crippen LogP contribution in [0.4, 0.5) is 5.69 Å². The number of pyridine rings is 1. The quantitative estimate of drug-likeness (QED) is 0.857. The lowest BCUT2D eigenvalue weighted by molar-refractivity contribution is 0.0914. The maximum absolute atomic E-state index is 12.3. The van der Waals surface area contributed by atoms with Gasteiger partial charge in [0.15, 0.2) is 0 Å². The van der Waals surface area contributed by atoms with E-state index in [1.807, 2.05) is 20.8 Å². The molecular formula is C17H17Cl2N3O2. The van der Waals surface area contributed by atoms with Gasteiger partial charge in [-0.25, -0.2) is 4.98 Å². The number of nitrogens with one attached hydrogen (secondary N) is 2. The molecule has 0 spiro atoms. The van der Waals surface area contributed by atoms with Crippen molar-refractivity contribution in [1.82, 2.24) is 10.3 Å². The van der Waals surface area contributed by atoms with Gasteiger partial charge < -0.3 is 10.6 Å². The first kappa shape index (κ1) is 18.2.